The Morgan fingerprint density at radius 3 is 2.38 bits per heavy atom. The highest BCUT2D eigenvalue weighted by atomic mass is 19.1. The summed E-state index contributed by atoms with van der Waals surface area (Å²) >= 11 is 0. The molecule has 0 fully saturated rings. The number of benzene rings is 2. The molecule has 0 saturated carbocycles. The van der Waals surface area contributed by atoms with E-state index in [-0.39, 0.29) is 11.4 Å². The molecule has 2 N–H and O–H groups in total. The number of aromatic nitrogens is 1. The zero-order chi connectivity index (χ0) is 18.5. The first-order valence-corrected chi connectivity index (χ1v) is 7.70. The monoisotopic (exact) mass is 355 g/mol. The van der Waals surface area contributed by atoms with Gasteiger partial charge in [0.15, 0.2) is 0 Å². The van der Waals surface area contributed by atoms with Crippen LogP contribution in [0.5, 0.6) is 5.75 Å². The summed E-state index contributed by atoms with van der Waals surface area (Å²) in [6.07, 6.45) is 1.32. The van der Waals surface area contributed by atoms with Gasteiger partial charge in [-0.2, -0.15) is 0 Å². The maximum Gasteiger partial charge on any atom is 0.274 e. The van der Waals surface area contributed by atoms with E-state index in [4.69, 9.17) is 4.74 Å². The predicted molar refractivity (Wildman–Crippen MR) is 94.8 cm³/mol. The molecule has 5 nitrogen and oxygen atoms in total. The van der Waals surface area contributed by atoms with Crippen LogP contribution < -0.4 is 15.4 Å². The number of nitrogens with zero attached hydrogens (tertiary/aromatic N) is 1. The molecule has 0 bridgehead atoms. The molecule has 1 amide bonds. The number of pyridine rings is 1. The van der Waals surface area contributed by atoms with Gasteiger partial charge in [0.25, 0.3) is 5.91 Å². The first-order chi connectivity index (χ1) is 12.6. The van der Waals surface area contributed by atoms with Crippen LogP contribution in [0.25, 0.3) is 0 Å². The van der Waals surface area contributed by atoms with Crippen molar-refractivity contribution in [3.8, 4) is 5.75 Å². The van der Waals surface area contributed by atoms with Crippen LogP contribution in [0, 0.1) is 11.6 Å². The molecule has 1 heterocycles. The second-order valence-electron chi connectivity index (χ2n) is 5.31. The van der Waals surface area contributed by atoms with Gasteiger partial charge >= 0.3 is 0 Å². The number of carbonyl (C=O) groups is 1. The highest BCUT2D eigenvalue weighted by Gasteiger charge is 2.12. The lowest BCUT2D eigenvalue weighted by atomic mass is 10.2. The first-order valence-electron chi connectivity index (χ1n) is 7.70. The number of amides is 1. The summed E-state index contributed by atoms with van der Waals surface area (Å²) in [5.41, 5.74) is 0.733. The summed E-state index contributed by atoms with van der Waals surface area (Å²) in [5, 5.41) is 5.31. The number of hydrogen-bond donors (Lipinski definition) is 2. The van der Waals surface area contributed by atoms with Gasteiger partial charge in [-0.05, 0) is 36.4 Å². The molecule has 0 radical (unpaired) electrons. The van der Waals surface area contributed by atoms with E-state index in [1.165, 1.54) is 31.5 Å². The summed E-state index contributed by atoms with van der Waals surface area (Å²) in [6.45, 7) is 0. The summed E-state index contributed by atoms with van der Waals surface area (Å²) in [4.78, 5) is 16.3. The number of ether oxygens (including phenoxy) is 1. The van der Waals surface area contributed by atoms with E-state index in [1.807, 2.05) is 0 Å². The maximum absolute atomic E-state index is 13.7. The number of nitrogens with one attached hydrogen (secondary N) is 2. The van der Waals surface area contributed by atoms with Crippen molar-refractivity contribution in [2.24, 2.45) is 0 Å². The Labute approximate surface area is 148 Å². The van der Waals surface area contributed by atoms with Crippen LogP contribution in [0.2, 0.25) is 0 Å². The van der Waals surface area contributed by atoms with Crippen LogP contribution in [0.4, 0.5) is 25.8 Å². The molecule has 26 heavy (non-hydrogen) atoms. The fourth-order valence-corrected chi connectivity index (χ4v) is 2.30. The predicted octanol–water partition coefficient (Wildman–Crippen LogP) is 4.36. The second-order valence-corrected chi connectivity index (χ2v) is 5.31. The molecule has 0 aliphatic heterocycles. The SMILES string of the molecule is COc1ccccc1NC(=O)c1ccc(Nc2c(F)cccc2F)cn1. The Morgan fingerprint density at radius 1 is 1.00 bits per heavy atom. The quantitative estimate of drug-likeness (QED) is 0.714. The molecule has 3 aromatic rings. The van der Waals surface area contributed by atoms with Crippen molar-refractivity contribution in [2.45, 2.75) is 0 Å². The maximum atomic E-state index is 13.7. The summed E-state index contributed by atoms with van der Waals surface area (Å²) in [5.74, 6) is -1.35. The molecule has 2 aromatic carbocycles. The Balaban J connectivity index is 1.74. The average molecular weight is 355 g/mol. The normalized spacial score (nSPS) is 10.3. The number of hydrogen-bond acceptors (Lipinski definition) is 4. The largest absolute Gasteiger partial charge is 0.495 e. The lowest BCUT2D eigenvalue weighted by Crippen LogP contribution is -2.14. The van der Waals surface area contributed by atoms with Gasteiger partial charge in [0.1, 0.15) is 28.8 Å². The fourth-order valence-electron chi connectivity index (χ4n) is 2.30. The average Bonchev–Trinajstić information content (AvgIpc) is 2.66. The molecule has 0 aliphatic carbocycles. The lowest BCUT2D eigenvalue weighted by Gasteiger charge is -2.10. The van der Waals surface area contributed by atoms with E-state index in [1.54, 1.807) is 24.3 Å². The van der Waals surface area contributed by atoms with Crippen molar-refractivity contribution < 1.29 is 18.3 Å². The van der Waals surface area contributed by atoms with Gasteiger partial charge in [0.05, 0.1) is 24.7 Å². The highest BCUT2D eigenvalue weighted by Crippen LogP contribution is 2.25. The molecular weight excluding hydrogens is 340 g/mol. The third-order valence-corrected chi connectivity index (χ3v) is 3.58. The minimum absolute atomic E-state index is 0.149. The Bertz CT molecular complexity index is 910. The smallest absolute Gasteiger partial charge is 0.274 e. The minimum Gasteiger partial charge on any atom is -0.495 e. The second kappa shape index (κ2) is 7.60. The summed E-state index contributed by atoms with van der Waals surface area (Å²) in [6, 6.07) is 13.5. The standard InChI is InChI=1S/C19H15F2N3O2/c1-26-17-8-3-2-7-15(17)24-19(25)16-10-9-12(11-22-16)23-18-13(20)5-4-6-14(18)21/h2-11,23H,1H3,(H,24,25). The molecule has 1 aromatic heterocycles. The van der Waals surface area contributed by atoms with Gasteiger partial charge in [-0.25, -0.2) is 13.8 Å². The van der Waals surface area contributed by atoms with Crippen LogP contribution >= 0.6 is 0 Å². The van der Waals surface area contributed by atoms with Gasteiger partial charge in [0.2, 0.25) is 0 Å². The Kier molecular flexibility index (Phi) is 5.07. The number of methoxy groups -OCH3 is 1. The molecule has 0 saturated heterocycles. The van der Waals surface area contributed by atoms with Crippen molar-refractivity contribution in [1.82, 2.24) is 4.98 Å². The number of halogens is 2. The molecule has 3 rings (SSSR count). The summed E-state index contributed by atoms with van der Waals surface area (Å²) < 4.78 is 32.5. The van der Waals surface area contributed by atoms with E-state index in [2.05, 4.69) is 15.6 Å². The van der Waals surface area contributed by atoms with Gasteiger partial charge in [-0.15, -0.1) is 0 Å². The van der Waals surface area contributed by atoms with Gasteiger partial charge in [0, 0.05) is 0 Å². The van der Waals surface area contributed by atoms with Crippen molar-refractivity contribution >= 4 is 23.0 Å². The Hall–Kier alpha value is -3.48. The zero-order valence-corrected chi connectivity index (χ0v) is 13.8. The van der Waals surface area contributed by atoms with E-state index in [0.717, 1.165) is 12.1 Å². The molecule has 0 spiro atoms. The van der Waals surface area contributed by atoms with Crippen LogP contribution in [-0.2, 0) is 0 Å². The molecular formula is C19H15F2N3O2. The van der Waals surface area contributed by atoms with Crippen LogP contribution in [0.3, 0.4) is 0 Å². The van der Waals surface area contributed by atoms with Crippen LogP contribution in [0.15, 0.2) is 60.8 Å². The van der Waals surface area contributed by atoms with Gasteiger partial charge in [-0.1, -0.05) is 18.2 Å². The topological polar surface area (TPSA) is 63.2 Å². The third-order valence-electron chi connectivity index (χ3n) is 3.58. The van der Waals surface area contributed by atoms with Crippen LogP contribution in [-0.4, -0.2) is 18.0 Å². The van der Waals surface area contributed by atoms with Crippen molar-refractivity contribution in [2.75, 3.05) is 17.7 Å². The number of rotatable bonds is 5. The van der Waals surface area contributed by atoms with E-state index >= 15 is 0 Å². The third kappa shape index (κ3) is 3.77. The van der Waals surface area contributed by atoms with E-state index < -0.39 is 17.5 Å². The molecule has 7 heteroatoms. The molecule has 0 atom stereocenters. The van der Waals surface area contributed by atoms with Gasteiger partial charge < -0.3 is 15.4 Å². The van der Waals surface area contributed by atoms with E-state index in [9.17, 15) is 13.6 Å². The van der Waals surface area contributed by atoms with Crippen molar-refractivity contribution in [1.29, 1.82) is 0 Å². The number of para-hydroxylation sites is 3. The highest BCUT2D eigenvalue weighted by molar-refractivity contribution is 6.03. The number of carbonyl (C=O) groups excluding carboxylic acids is 1. The molecule has 132 valence electrons. The van der Waals surface area contributed by atoms with E-state index in [0.29, 0.717) is 17.1 Å². The fraction of sp³-hybridized carbons (Fsp3) is 0.0526. The zero-order valence-electron chi connectivity index (χ0n) is 13.8. The van der Waals surface area contributed by atoms with Crippen LogP contribution in [0.1, 0.15) is 10.5 Å². The minimum atomic E-state index is -0.719. The van der Waals surface area contributed by atoms with Crippen molar-refractivity contribution in [3.05, 3.63) is 78.1 Å². The lowest BCUT2D eigenvalue weighted by molar-refractivity contribution is 0.102. The first kappa shape index (κ1) is 17.3. The van der Waals surface area contributed by atoms with Gasteiger partial charge in [-0.3, -0.25) is 4.79 Å². The summed E-state index contributed by atoms with van der Waals surface area (Å²) in [7, 11) is 1.51. The Morgan fingerprint density at radius 2 is 1.73 bits per heavy atom. The van der Waals surface area contributed by atoms with Crippen molar-refractivity contribution in [3.63, 3.8) is 0 Å². The molecule has 0 unspecified atom stereocenters. The number of anilines is 3. The molecule has 0 aliphatic rings.